The lowest BCUT2D eigenvalue weighted by molar-refractivity contribution is -0.0327. The van der Waals surface area contributed by atoms with Crippen LogP contribution in [0.15, 0.2) is 18.2 Å². The van der Waals surface area contributed by atoms with Gasteiger partial charge in [0.25, 0.3) is 5.91 Å². The van der Waals surface area contributed by atoms with Crippen molar-refractivity contribution in [1.29, 1.82) is 0 Å². The third-order valence-electron chi connectivity index (χ3n) is 2.18. The fourth-order valence-electron chi connectivity index (χ4n) is 1.35. The van der Waals surface area contributed by atoms with Crippen molar-refractivity contribution in [1.82, 2.24) is 5.32 Å². The van der Waals surface area contributed by atoms with Gasteiger partial charge in [0.15, 0.2) is 0 Å². The molecule has 3 N–H and O–H groups in total. The Morgan fingerprint density at radius 2 is 2.16 bits per heavy atom. The highest BCUT2D eigenvalue weighted by molar-refractivity contribution is 8.00. The standard InChI is InChI=1S/C11H13F3N2O2S/c1-18-8-4-2-3-7(9(8)15)10(17)16-5-6-19-11(12,13)14/h2-4H,5-6,15H2,1H3,(H,16,17). The molecule has 0 fully saturated rings. The summed E-state index contributed by atoms with van der Waals surface area (Å²) >= 11 is -0.188. The number of hydrogen-bond donors (Lipinski definition) is 2. The molecule has 0 saturated heterocycles. The predicted molar refractivity (Wildman–Crippen MR) is 68.3 cm³/mol. The maximum Gasteiger partial charge on any atom is 0.441 e. The van der Waals surface area contributed by atoms with Crippen molar-refractivity contribution in [3.8, 4) is 5.75 Å². The lowest BCUT2D eigenvalue weighted by Crippen LogP contribution is -2.27. The first-order valence-corrected chi connectivity index (χ1v) is 6.25. The van der Waals surface area contributed by atoms with Crippen molar-refractivity contribution in [2.24, 2.45) is 0 Å². The number of nitrogens with two attached hydrogens (primary N) is 1. The molecule has 1 aromatic rings. The van der Waals surface area contributed by atoms with E-state index in [-0.39, 0.29) is 35.3 Å². The van der Waals surface area contributed by atoms with Gasteiger partial charge in [-0.05, 0) is 23.9 Å². The fourth-order valence-corrected chi connectivity index (χ4v) is 1.78. The molecule has 0 aliphatic heterocycles. The minimum Gasteiger partial charge on any atom is -0.495 e. The number of alkyl halides is 3. The number of carbonyl (C=O) groups is 1. The van der Waals surface area contributed by atoms with E-state index in [1.54, 1.807) is 12.1 Å². The van der Waals surface area contributed by atoms with Gasteiger partial charge in [0.2, 0.25) is 0 Å². The highest BCUT2D eigenvalue weighted by Crippen LogP contribution is 2.29. The lowest BCUT2D eigenvalue weighted by atomic mass is 10.1. The van der Waals surface area contributed by atoms with Crippen LogP contribution in [0, 0.1) is 0 Å². The van der Waals surface area contributed by atoms with Gasteiger partial charge in [-0.2, -0.15) is 13.2 Å². The summed E-state index contributed by atoms with van der Waals surface area (Å²) < 4.78 is 40.6. The average molecular weight is 294 g/mol. The Morgan fingerprint density at radius 1 is 1.47 bits per heavy atom. The molecule has 0 heterocycles. The van der Waals surface area contributed by atoms with Crippen LogP contribution in [-0.2, 0) is 0 Å². The van der Waals surface area contributed by atoms with E-state index >= 15 is 0 Å². The summed E-state index contributed by atoms with van der Waals surface area (Å²) in [5.41, 5.74) is 1.74. The summed E-state index contributed by atoms with van der Waals surface area (Å²) in [6.45, 7) is -0.0976. The molecule has 1 aromatic carbocycles. The molecule has 0 aromatic heterocycles. The van der Waals surface area contributed by atoms with Crippen LogP contribution in [0.2, 0.25) is 0 Å². The van der Waals surface area contributed by atoms with E-state index < -0.39 is 11.4 Å². The van der Waals surface area contributed by atoms with Crippen LogP contribution in [0.1, 0.15) is 10.4 Å². The van der Waals surface area contributed by atoms with Crippen LogP contribution in [0.3, 0.4) is 0 Å². The van der Waals surface area contributed by atoms with Gasteiger partial charge in [0.05, 0.1) is 18.4 Å². The van der Waals surface area contributed by atoms with Gasteiger partial charge >= 0.3 is 5.51 Å². The Balaban J connectivity index is 2.55. The van der Waals surface area contributed by atoms with E-state index in [2.05, 4.69) is 5.32 Å². The van der Waals surface area contributed by atoms with Gasteiger partial charge in [-0.1, -0.05) is 6.07 Å². The molecule has 106 valence electrons. The number of benzene rings is 1. The molecule has 4 nitrogen and oxygen atoms in total. The first kappa shape index (κ1) is 15.5. The van der Waals surface area contributed by atoms with Gasteiger partial charge in [0, 0.05) is 12.3 Å². The van der Waals surface area contributed by atoms with Gasteiger partial charge < -0.3 is 15.8 Å². The summed E-state index contributed by atoms with van der Waals surface area (Å²) in [5, 5.41) is 2.37. The molecule has 0 spiro atoms. The van der Waals surface area contributed by atoms with Crippen molar-refractivity contribution in [3.05, 3.63) is 23.8 Å². The van der Waals surface area contributed by atoms with E-state index in [4.69, 9.17) is 10.5 Å². The van der Waals surface area contributed by atoms with E-state index in [0.717, 1.165) is 0 Å². The second-order valence-corrected chi connectivity index (χ2v) is 4.63. The molecule has 0 aliphatic carbocycles. The number of carbonyl (C=O) groups excluding carboxylic acids is 1. The summed E-state index contributed by atoms with van der Waals surface area (Å²) in [4.78, 5) is 11.7. The highest BCUT2D eigenvalue weighted by Gasteiger charge is 2.27. The predicted octanol–water partition coefficient (Wildman–Crippen LogP) is 2.26. The summed E-state index contributed by atoms with van der Waals surface area (Å²) in [5.74, 6) is -0.435. The van der Waals surface area contributed by atoms with Crippen molar-refractivity contribution in [2.45, 2.75) is 5.51 Å². The second-order valence-electron chi connectivity index (χ2n) is 3.47. The molecule has 0 atom stereocenters. The molecular formula is C11H13F3N2O2S. The first-order chi connectivity index (χ1) is 8.85. The summed E-state index contributed by atoms with van der Waals surface area (Å²) in [6.07, 6.45) is 0. The average Bonchev–Trinajstić information content (AvgIpc) is 2.33. The third-order valence-corrected chi connectivity index (χ3v) is 2.92. The Bertz CT molecular complexity index is 452. The summed E-state index contributed by atoms with van der Waals surface area (Å²) in [6, 6.07) is 4.64. The minimum atomic E-state index is -4.29. The second kappa shape index (κ2) is 6.55. The van der Waals surface area contributed by atoms with Crippen LogP contribution >= 0.6 is 11.8 Å². The van der Waals surface area contributed by atoms with Gasteiger partial charge in [-0.15, -0.1) is 0 Å². The monoisotopic (exact) mass is 294 g/mol. The number of para-hydroxylation sites is 1. The number of ether oxygens (including phenoxy) is 1. The molecule has 8 heteroatoms. The highest BCUT2D eigenvalue weighted by atomic mass is 32.2. The molecule has 0 radical (unpaired) electrons. The third kappa shape index (κ3) is 4.90. The lowest BCUT2D eigenvalue weighted by Gasteiger charge is -2.10. The zero-order chi connectivity index (χ0) is 14.5. The Labute approximate surface area is 112 Å². The Morgan fingerprint density at radius 3 is 2.74 bits per heavy atom. The normalized spacial score (nSPS) is 11.2. The number of amides is 1. The molecule has 19 heavy (non-hydrogen) atoms. The number of nitrogen functional groups attached to an aromatic ring is 1. The number of hydrogen-bond acceptors (Lipinski definition) is 4. The van der Waals surface area contributed by atoms with E-state index in [0.29, 0.717) is 5.75 Å². The van der Waals surface area contributed by atoms with Crippen LogP contribution < -0.4 is 15.8 Å². The van der Waals surface area contributed by atoms with E-state index in [1.807, 2.05) is 0 Å². The zero-order valence-electron chi connectivity index (χ0n) is 10.1. The summed E-state index contributed by atoms with van der Waals surface area (Å²) in [7, 11) is 1.41. The van der Waals surface area contributed by atoms with Crippen LogP contribution in [0.4, 0.5) is 18.9 Å². The number of methoxy groups -OCH3 is 1. The molecule has 0 unspecified atom stereocenters. The zero-order valence-corrected chi connectivity index (χ0v) is 10.9. The first-order valence-electron chi connectivity index (χ1n) is 5.26. The SMILES string of the molecule is COc1cccc(C(=O)NCCSC(F)(F)F)c1N. The molecule has 1 amide bonds. The van der Waals surface area contributed by atoms with Gasteiger partial charge in [-0.3, -0.25) is 4.79 Å². The largest absolute Gasteiger partial charge is 0.495 e. The number of rotatable bonds is 5. The van der Waals surface area contributed by atoms with Crippen LogP contribution in [-0.4, -0.2) is 30.8 Å². The van der Waals surface area contributed by atoms with Crippen LogP contribution in [0.5, 0.6) is 5.75 Å². The minimum absolute atomic E-state index is 0.0976. The number of halogens is 3. The number of anilines is 1. The van der Waals surface area contributed by atoms with Crippen molar-refractivity contribution in [3.63, 3.8) is 0 Å². The maximum atomic E-state index is 11.9. The van der Waals surface area contributed by atoms with Crippen LogP contribution in [0.25, 0.3) is 0 Å². The topological polar surface area (TPSA) is 64.3 Å². The number of thioether (sulfide) groups is 1. The molecule has 0 aliphatic rings. The van der Waals surface area contributed by atoms with Crippen molar-refractivity contribution in [2.75, 3.05) is 25.1 Å². The van der Waals surface area contributed by atoms with Crippen molar-refractivity contribution >= 4 is 23.4 Å². The Hall–Kier alpha value is -1.57. The Kier molecular flexibility index (Phi) is 5.34. The van der Waals surface area contributed by atoms with Gasteiger partial charge in [-0.25, -0.2) is 0 Å². The molecule has 0 saturated carbocycles. The maximum absolute atomic E-state index is 11.9. The number of nitrogens with one attached hydrogen (secondary N) is 1. The molecule has 1 rings (SSSR count). The fraction of sp³-hybridized carbons (Fsp3) is 0.364. The quantitative estimate of drug-likeness (QED) is 0.646. The molecular weight excluding hydrogens is 281 g/mol. The van der Waals surface area contributed by atoms with E-state index in [1.165, 1.54) is 13.2 Å². The van der Waals surface area contributed by atoms with E-state index in [9.17, 15) is 18.0 Å². The smallest absolute Gasteiger partial charge is 0.441 e. The van der Waals surface area contributed by atoms with Gasteiger partial charge in [0.1, 0.15) is 5.75 Å². The van der Waals surface area contributed by atoms with Crippen molar-refractivity contribution < 1.29 is 22.7 Å². The molecule has 0 bridgehead atoms.